The number of rotatable bonds is 7. The molecule has 1 aromatic carbocycles. The van der Waals surface area contributed by atoms with Gasteiger partial charge >= 0.3 is 0 Å². The second-order valence-corrected chi connectivity index (χ2v) is 6.86. The SMILES string of the molecule is CNC(CS(=O)(=O)CCOC)c1cc2ccccc2o1. The number of furan rings is 1. The molecule has 0 aliphatic heterocycles. The van der Waals surface area contributed by atoms with Gasteiger partial charge in [-0.15, -0.1) is 0 Å². The fourth-order valence-electron chi connectivity index (χ4n) is 2.03. The third kappa shape index (κ3) is 3.59. The Balaban J connectivity index is 2.19. The Kier molecular flexibility index (Phi) is 4.80. The summed E-state index contributed by atoms with van der Waals surface area (Å²) in [4.78, 5) is 0. The van der Waals surface area contributed by atoms with Crippen LogP contribution in [0.5, 0.6) is 0 Å². The summed E-state index contributed by atoms with van der Waals surface area (Å²) in [6.45, 7) is 0.207. The van der Waals surface area contributed by atoms with Crippen molar-refractivity contribution in [3.63, 3.8) is 0 Å². The van der Waals surface area contributed by atoms with Crippen molar-refractivity contribution in [1.29, 1.82) is 0 Å². The predicted molar refractivity (Wildman–Crippen MR) is 78.5 cm³/mol. The average molecular weight is 297 g/mol. The summed E-state index contributed by atoms with van der Waals surface area (Å²) >= 11 is 0. The Labute approximate surface area is 118 Å². The second kappa shape index (κ2) is 6.39. The van der Waals surface area contributed by atoms with Crippen molar-refractivity contribution in [3.8, 4) is 0 Å². The van der Waals surface area contributed by atoms with Crippen LogP contribution in [-0.4, -0.2) is 40.7 Å². The first kappa shape index (κ1) is 15.0. The van der Waals surface area contributed by atoms with Crippen LogP contribution in [0.2, 0.25) is 0 Å². The number of ether oxygens (including phenoxy) is 1. The van der Waals surface area contributed by atoms with E-state index >= 15 is 0 Å². The summed E-state index contributed by atoms with van der Waals surface area (Å²) in [5, 5.41) is 3.97. The summed E-state index contributed by atoms with van der Waals surface area (Å²) in [5.41, 5.74) is 0.761. The van der Waals surface area contributed by atoms with E-state index in [-0.39, 0.29) is 24.2 Å². The van der Waals surface area contributed by atoms with Crippen molar-refractivity contribution in [2.75, 3.05) is 32.3 Å². The third-order valence-electron chi connectivity index (χ3n) is 3.16. The molecule has 110 valence electrons. The second-order valence-electron chi connectivity index (χ2n) is 4.64. The molecular formula is C14H19NO4S. The zero-order valence-corrected chi connectivity index (χ0v) is 12.4. The first-order chi connectivity index (χ1) is 9.55. The summed E-state index contributed by atoms with van der Waals surface area (Å²) in [6.07, 6.45) is 0. The zero-order valence-electron chi connectivity index (χ0n) is 11.6. The normalized spacial score (nSPS) is 13.7. The Morgan fingerprint density at radius 1 is 1.35 bits per heavy atom. The van der Waals surface area contributed by atoms with Gasteiger partial charge in [-0.3, -0.25) is 0 Å². The van der Waals surface area contributed by atoms with E-state index in [2.05, 4.69) is 5.32 Å². The Morgan fingerprint density at radius 2 is 2.10 bits per heavy atom. The number of methoxy groups -OCH3 is 1. The van der Waals surface area contributed by atoms with Gasteiger partial charge in [-0.2, -0.15) is 0 Å². The molecule has 20 heavy (non-hydrogen) atoms. The van der Waals surface area contributed by atoms with Gasteiger partial charge in [-0.1, -0.05) is 18.2 Å². The number of hydrogen-bond donors (Lipinski definition) is 1. The van der Waals surface area contributed by atoms with E-state index in [1.54, 1.807) is 7.05 Å². The van der Waals surface area contributed by atoms with Gasteiger partial charge in [0.25, 0.3) is 0 Å². The van der Waals surface area contributed by atoms with Gasteiger partial charge in [0.2, 0.25) is 0 Å². The molecule has 0 fully saturated rings. The van der Waals surface area contributed by atoms with Crippen LogP contribution in [-0.2, 0) is 14.6 Å². The molecule has 5 nitrogen and oxygen atoms in total. The van der Waals surface area contributed by atoms with Gasteiger partial charge in [0, 0.05) is 12.5 Å². The van der Waals surface area contributed by atoms with Gasteiger partial charge in [0.05, 0.1) is 24.2 Å². The fourth-order valence-corrected chi connectivity index (χ4v) is 3.46. The van der Waals surface area contributed by atoms with Gasteiger partial charge in [0.15, 0.2) is 9.84 Å². The van der Waals surface area contributed by atoms with Crippen LogP contribution in [0.25, 0.3) is 11.0 Å². The van der Waals surface area contributed by atoms with Crippen LogP contribution in [0.15, 0.2) is 34.7 Å². The highest BCUT2D eigenvalue weighted by Gasteiger charge is 2.22. The van der Waals surface area contributed by atoms with E-state index in [0.717, 1.165) is 11.0 Å². The molecule has 6 heteroatoms. The molecule has 0 aliphatic rings. The van der Waals surface area contributed by atoms with E-state index in [1.807, 2.05) is 30.3 Å². The maximum Gasteiger partial charge on any atom is 0.154 e. The van der Waals surface area contributed by atoms with Gasteiger partial charge in [-0.25, -0.2) is 8.42 Å². The highest BCUT2D eigenvalue weighted by Crippen LogP contribution is 2.24. The first-order valence-electron chi connectivity index (χ1n) is 6.41. The Morgan fingerprint density at radius 3 is 2.75 bits per heavy atom. The van der Waals surface area contributed by atoms with Crippen molar-refractivity contribution in [2.45, 2.75) is 6.04 Å². The molecule has 1 atom stereocenters. The maximum absolute atomic E-state index is 12.0. The van der Waals surface area contributed by atoms with Crippen LogP contribution in [0.3, 0.4) is 0 Å². The van der Waals surface area contributed by atoms with Crippen LogP contribution < -0.4 is 5.32 Å². The number of sulfone groups is 1. The van der Waals surface area contributed by atoms with Crippen molar-refractivity contribution >= 4 is 20.8 Å². The highest BCUT2D eigenvalue weighted by atomic mass is 32.2. The molecule has 0 spiro atoms. The molecule has 1 unspecified atom stereocenters. The molecule has 0 saturated carbocycles. The van der Waals surface area contributed by atoms with E-state index in [1.165, 1.54) is 7.11 Å². The summed E-state index contributed by atoms with van der Waals surface area (Å²) in [5.74, 6) is 0.642. The minimum absolute atomic E-state index is 0.00726. The number of hydrogen-bond acceptors (Lipinski definition) is 5. The molecule has 0 amide bonds. The molecule has 0 bridgehead atoms. The molecule has 1 aromatic heterocycles. The van der Waals surface area contributed by atoms with Crippen LogP contribution >= 0.6 is 0 Å². The lowest BCUT2D eigenvalue weighted by Crippen LogP contribution is -2.27. The smallest absolute Gasteiger partial charge is 0.154 e. The molecule has 2 rings (SSSR count). The van der Waals surface area contributed by atoms with Crippen LogP contribution in [0, 0.1) is 0 Å². The zero-order chi connectivity index (χ0) is 14.6. The fraction of sp³-hybridized carbons (Fsp3) is 0.429. The van der Waals surface area contributed by atoms with Crippen molar-refractivity contribution < 1.29 is 17.6 Å². The lowest BCUT2D eigenvalue weighted by atomic mass is 10.2. The minimum atomic E-state index is -3.19. The van der Waals surface area contributed by atoms with Crippen molar-refractivity contribution in [1.82, 2.24) is 5.32 Å². The highest BCUT2D eigenvalue weighted by molar-refractivity contribution is 7.91. The van der Waals surface area contributed by atoms with E-state index < -0.39 is 9.84 Å². The molecule has 0 aliphatic carbocycles. The number of nitrogens with one attached hydrogen (secondary N) is 1. The van der Waals surface area contributed by atoms with Crippen LogP contribution in [0.1, 0.15) is 11.8 Å². The number of fused-ring (bicyclic) bond motifs is 1. The van der Waals surface area contributed by atoms with Gasteiger partial charge in [-0.05, 0) is 19.2 Å². The first-order valence-corrected chi connectivity index (χ1v) is 8.23. The lowest BCUT2D eigenvalue weighted by Gasteiger charge is -2.13. The molecule has 2 aromatic rings. The molecule has 1 heterocycles. The lowest BCUT2D eigenvalue weighted by molar-refractivity contribution is 0.217. The number of para-hydroxylation sites is 1. The van der Waals surface area contributed by atoms with E-state index in [9.17, 15) is 8.42 Å². The largest absolute Gasteiger partial charge is 0.459 e. The summed E-state index contributed by atoms with van der Waals surface area (Å²) in [7, 11) is 0.0281. The number of benzene rings is 1. The maximum atomic E-state index is 12.0. The topological polar surface area (TPSA) is 68.5 Å². The molecule has 0 radical (unpaired) electrons. The summed E-state index contributed by atoms with van der Waals surface area (Å²) < 4.78 is 34.5. The Bertz CT molecular complexity index is 630. The molecular weight excluding hydrogens is 278 g/mol. The Hall–Kier alpha value is -1.37. The van der Waals surface area contributed by atoms with E-state index in [4.69, 9.17) is 9.15 Å². The average Bonchev–Trinajstić information content (AvgIpc) is 2.86. The molecule has 0 saturated heterocycles. The predicted octanol–water partition coefficient (Wildman–Crippen LogP) is 1.75. The van der Waals surface area contributed by atoms with Gasteiger partial charge < -0.3 is 14.5 Å². The summed E-state index contributed by atoms with van der Waals surface area (Å²) in [6, 6.07) is 9.14. The van der Waals surface area contributed by atoms with E-state index in [0.29, 0.717) is 5.76 Å². The monoisotopic (exact) mass is 297 g/mol. The van der Waals surface area contributed by atoms with Crippen molar-refractivity contribution in [3.05, 3.63) is 36.1 Å². The standard InChI is InChI=1S/C14H19NO4S/c1-15-12(10-20(16,17)8-7-18-2)14-9-11-5-3-4-6-13(11)19-14/h3-6,9,12,15H,7-8,10H2,1-2H3. The van der Waals surface area contributed by atoms with Crippen molar-refractivity contribution in [2.24, 2.45) is 0 Å². The quantitative estimate of drug-likeness (QED) is 0.843. The minimum Gasteiger partial charge on any atom is -0.459 e. The third-order valence-corrected chi connectivity index (χ3v) is 4.79. The van der Waals surface area contributed by atoms with Gasteiger partial charge in [0.1, 0.15) is 11.3 Å². The van der Waals surface area contributed by atoms with Crippen LogP contribution in [0.4, 0.5) is 0 Å². The molecule has 1 N–H and O–H groups in total.